The van der Waals surface area contributed by atoms with E-state index in [1.165, 1.54) is 17.0 Å². The Kier molecular flexibility index (Phi) is 7.40. The van der Waals surface area contributed by atoms with Crippen LogP contribution < -0.4 is 4.74 Å². The summed E-state index contributed by atoms with van der Waals surface area (Å²) in [5, 5.41) is 2.03. The Bertz CT molecular complexity index is 1080. The maximum absolute atomic E-state index is 13.6. The van der Waals surface area contributed by atoms with E-state index in [4.69, 9.17) is 4.74 Å². The first kappa shape index (κ1) is 23.0. The number of rotatable bonds is 8. The van der Waals surface area contributed by atoms with E-state index in [0.29, 0.717) is 18.8 Å². The quantitative estimate of drug-likeness (QED) is 0.484. The molecule has 1 unspecified atom stereocenters. The van der Waals surface area contributed by atoms with Crippen LogP contribution in [0.15, 0.2) is 66.0 Å². The second kappa shape index (κ2) is 10.6. The lowest BCUT2D eigenvalue weighted by Gasteiger charge is -2.37. The van der Waals surface area contributed by atoms with Crippen LogP contribution in [-0.4, -0.2) is 47.9 Å². The Morgan fingerprint density at radius 2 is 1.88 bits per heavy atom. The number of halogens is 1. The van der Waals surface area contributed by atoms with Gasteiger partial charge in [0.15, 0.2) is 6.61 Å². The van der Waals surface area contributed by atoms with Crippen molar-refractivity contribution in [2.24, 2.45) is 0 Å². The molecule has 0 N–H and O–H groups in total. The molecule has 0 saturated heterocycles. The molecule has 1 aliphatic rings. The highest BCUT2D eigenvalue weighted by atomic mass is 32.1. The van der Waals surface area contributed by atoms with Crippen molar-refractivity contribution in [3.05, 3.63) is 87.9 Å². The second-order valence-electron chi connectivity index (χ2n) is 8.01. The number of benzene rings is 2. The van der Waals surface area contributed by atoms with Gasteiger partial charge >= 0.3 is 0 Å². The third-order valence-corrected chi connectivity index (χ3v) is 6.75. The maximum Gasteiger partial charge on any atom is 0.260 e. The number of hydrogen-bond acceptors (Lipinski definition) is 4. The molecule has 7 heteroatoms. The van der Waals surface area contributed by atoms with Crippen molar-refractivity contribution in [2.75, 3.05) is 26.2 Å². The molecule has 0 aliphatic carbocycles. The summed E-state index contributed by atoms with van der Waals surface area (Å²) in [6.45, 7) is 2.88. The van der Waals surface area contributed by atoms with Gasteiger partial charge in [0, 0.05) is 18.0 Å². The lowest BCUT2D eigenvalue weighted by atomic mass is 9.93. The van der Waals surface area contributed by atoms with Crippen molar-refractivity contribution in [2.45, 2.75) is 25.8 Å². The molecule has 2 aromatic carbocycles. The van der Waals surface area contributed by atoms with Gasteiger partial charge in [-0.3, -0.25) is 9.59 Å². The minimum atomic E-state index is -0.309. The number of nitrogens with zero attached hydrogens (tertiary/aromatic N) is 2. The summed E-state index contributed by atoms with van der Waals surface area (Å²) in [6, 6.07) is 17.2. The fourth-order valence-electron chi connectivity index (χ4n) is 4.16. The molecule has 0 fully saturated rings. The highest BCUT2D eigenvalue weighted by Gasteiger charge is 2.34. The molecule has 1 atom stereocenters. The van der Waals surface area contributed by atoms with Gasteiger partial charge in [-0.25, -0.2) is 4.39 Å². The van der Waals surface area contributed by atoms with Gasteiger partial charge in [0.25, 0.3) is 5.91 Å². The number of ether oxygens (including phenoxy) is 1. The number of hydrogen-bond donors (Lipinski definition) is 0. The smallest absolute Gasteiger partial charge is 0.260 e. The Morgan fingerprint density at radius 3 is 2.61 bits per heavy atom. The monoisotopic (exact) mass is 466 g/mol. The summed E-state index contributed by atoms with van der Waals surface area (Å²) in [5.41, 5.74) is 1.94. The first-order valence-electron chi connectivity index (χ1n) is 11.1. The van der Waals surface area contributed by atoms with E-state index in [2.05, 4.69) is 0 Å². The molecule has 0 spiro atoms. The van der Waals surface area contributed by atoms with Crippen LogP contribution in [0.3, 0.4) is 0 Å². The van der Waals surface area contributed by atoms with Crippen LogP contribution in [0.1, 0.15) is 35.4 Å². The van der Waals surface area contributed by atoms with Gasteiger partial charge in [-0.05, 0) is 59.7 Å². The maximum atomic E-state index is 13.6. The molecule has 2 heterocycles. The molecule has 1 aliphatic heterocycles. The molecule has 0 radical (unpaired) electrons. The number of carbonyl (C=O) groups excluding carboxylic acids is 2. The van der Waals surface area contributed by atoms with Gasteiger partial charge in [0.2, 0.25) is 5.91 Å². The number of thiophene rings is 1. The topological polar surface area (TPSA) is 49.9 Å². The summed E-state index contributed by atoms with van der Waals surface area (Å²) >= 11 is 1.68. The van der Waals surface area contributed by atoms with Gasteiger partial charge in [0.1, 0.15) is 11.6 Å². The molecule has 2 amide bonds. The minimum absolute atomic E-state index is 0.0119. The van der Waals surface area contributed by atoms with Crippen molar-refractivity contribution in [3.63, 3.8) is 0 Å². The van der Waals surface area contributed by atoms with Crippen LogP contribution in [0.4, 0.5) is 4.39 Å². The normalized spacial score (nSPS) is 15.1. The number of amides is 2. The van der Waals surface area contributed by atoms with Crippen LogP contribution in [0.25, 0.3) is 0 Å². The Labute approximate surface area is 197 Å². The fraction of sp³-hybridized carbons (Fsp3) is 0.308. The zero-order valence-electron chi connectivity index (χ0n) is 18.6. The zero-order valence-corrected chi connectivity index (χ0v) is 19.4. The van der Waals surface area contributed by atoms with E-state index < -0.39 is 0 Å². The molecule has 33 heavy (non-hydrogen) atoms. The third kappa shape index (κ3) is 5.42. The van der Waals surface area contributed by atoms with E-state index in [9.17, 15) is 14.0 Å². The predicted molar refractivity (Wildman–Crippen MR) is 127 cm³/mol. The highest BCUT2D eigenvalue weighted by Crippen LogP contribution is 2.37. The van der Waals surface area contributed by atoms with Crippen LogP contribution >= 0.6 is 11.3 Å². The Balaban J connectivity index is 1.50. The molecule has 0 bridgehead atoms. The van der Waals surface area contributed by atoms with E-state index in [0.717, 1.165) is 24.0 Å². The molecule has 3 aromatic rings. The number of fused-ring (bicyclic) bond motifs is 1. The summed E-state index contributed by atoms with van der Waals surface area (Å²) in [4.78, 5) is 30.9. The Hall–Kier alpha value is -3.19. The average molecular weight is 467 g/mol. The summed E-state index contributed by atoms with van der Waals surface area (Å²) in [6.07, 6.45) is 1.51. The Morgan fingerprint density at radius 1 is 1.12 bits per heavy atom. The van der Waals surface area contributed by atoms with E-state index >= 15 is 0 Å². The van der Waals surface area contributed by atoms with Gasteiger partial charge in [-0.15, -0.1) is 11.3 Å². The van der Waals surface area contributed by atoms with Crippen molar-refractivity contribution in [3.8, 4) is 5.75 Å². The van der Waals surface area contributed by atoms with Crippen molar-refractivity contribution < 1.29 is 18.7 Å². The van der Waals surface area contributed by atoms with Gasteiger partial charge in [-0.1, -0.05) is 37.3 Å². The molecule has 5 nitrogen and oxygen atoms in total. The molecular formula is C26H27FN2O3S. The minimum Gasteiger partial charge on any atom is -0.484 e. The predicted octanol–water partition coefficient (Wildman–Crippen LogP) is 4.68. The first-order valence-corrected chi connectivity index (χ1v) is 12.0. The van der Waals surface area contributed by atoms with Gasteiger partial charge in [0.05, 0.1) is 12.6 Å². The van der Waals surface area contributed by atoms with Crippen molar-refractivity contribution in [1.82, 2.24) is 9.80 Å². The third-order valence-electron chi connectivity index (χ3n) is 5.75. The average Bonchev–Trinajstić information content (AvgIpc) is 3.32. The number of para-hydroxylation sites is 1. The summed E-state index contributed by atoms with van der Waals surface area (Å²) in [7, 11) is 0. The number of carbonyl (C=O) groups is 2. The first-order chi connectivity index (χ1) is 16.1. The van der Waals surface area contributed by atoms with Crippen molar-refractivity contribution >= 4 is 23.2 Å². The summed E-state index contributed by atoms with van der Waals surface area (Å²) < 4.78 is 19.2. The van der Waals surface area contributed by atoms with Crippen LogP contribution in [0.2, 0.25) is 0 Å². The highest BCUT2D eigenvalue weighted by molar-refractivity contribution is 7.10. The second-order valence-corrected chi connectivity index (χ2v) is 9.01. The largest absolute Gasteiger partial charge is 0.484 e. The van der Waals surface area contributed by atoms with Crippen molar-refractivity contribution in [1.29, 1.82) is 0 Å². The molecular weight excluding hydrogens is 439 g/mol. The van der Waals surface area contributed by atoms with E-state index in [-0.39, 0.29) is 36.8 Å². The zero-order chi connectivity index (χ0) is 23.2. The fourth-order valence-corrected chi connectivity index (χ4v) is 5.06. The standard InChI is InChI=1S/C26H27FN2O3S/c1-2-14-28(25(31)18-32-21-6-4-3-5-7-21)17-24(30)29-15-12-23-22(13-16-33-23)26(29)19-8-10-20(27)11-9-19/h3-11,13,16,26H,2,12,14-15,17-18H2,1H3. The van der Waals surface area contributed by atoms with Gasteiger partial charge in [-0.2, -0.15) is 0 Å². The summed E-state index contributed by atoms with van der Waals surface area (Å²) in [5.74, 6) is -0.0366. The molecule has 1 aromatic heterocycles. The van der Waals surface area contributed by atoms with Crippen LogP contribution in [-0.2, 0) is 16.0 Å². The molecule has 172 valence electrons. The van der Waals surface area contributed by atoms with Crippen LogP contribution in [0, 0.1) is 5.82 Å². The molecule has 4 rings (SSSR count). The lowest BCUT2D eigenvalue weighted by Crippen LogP contribution is -2.47. The molecule has 0 saturated carbocycles. The van der Waals surface area contributed by atoms with Crippen LogP contribution in [0.5, 0.6) is 5.75 Å². The van der Waals surface area contributed by atoms with E-state index in [1.54, 1.807) is 40.5 Å². The lowest BCUT2D eigenvalue weighted by molar-refractivity contribution is -0.142. The SMILES string of the molecule is CCCN(CC(=O)N1CCc2sccc2C1c1ccc(F)cc1)C(=O)COc1ccccc1. The van der Waals surface area contributed by atoms with E-state index in [1.807, 2.05) is 41.5 Å². The van der Waals surface area contributed by atoms with Gasteiger partial charge < -0.3 is 14.5 Å².